The summed E-state index contributed by atoms with van der Waals surface area (Å²) >= 11 is 3.73. The van der Waals surface area contributed by atoms with Gasteiger partial charge in [0.05, 0.1) is 64.0 Å². The van der Waals surface area contributed by atoms with Gasteiger partial charge in [0.15, 0.2) is 11.6 Å². The van der Waals surface area contributed by atoms with Crippen molar-refractivity contribution < 1.29 is 90.6 Å². The molecule has 4 amide bonds. The van der Waals surface area contributed by atoms with E-state index in [1.165, 1.54) is 0 Å². The Bertz CT molecular complexity index is 1950. The SMILES string of the molecule is CCOC(=O)[C@@H]1CC2(CCC1NC(=O)[C@H](CCSC)NC(=O)OCc1ccccc1)OCCO2.CCOC(=O)[C@@H]1CC2(CCC1NC(=O)[C@H](CC[S+](C)C)NC(=O)OCc1ccccc1)OCCO2.CI.[I-]. The van der Waals surface area contributed by atoms with Gasteiger partial charge in [-0.25, -0.2) is 9.59 Å². The topological polar surface area (TPSA) is 224 Å². The maximum absolute atomic E-state index is 13.3. The summed E-state index contributed by atoms with van der Waals surface area (Å²) < 4.78 is 44.4. The van der Waals surface area contributed by atoms with Crippen LogP contribution >= 0.6 is 34.4 Å². The van der Waals surface area contributed by atoms with Crippen molar-refractivity contribution in [1.29, 1.82) is 0 Å². The number of halogens is 2. The van der Waals surface area contributed by atoms with Crippen LogP contribution < -0.4 is 45.2 Å². The first-order chi connectivity index (χ1) is 34.3. The zero-order valence-corrected chi connectivity index (χ0v) is 48.2. The van der Waals surface area contributed by atoms with Crippen LogP contribution in [0.15, 0.2) is 60.7 Å². The summed E-state index contributed by atoms with van der Waals surface area (Å²) in [4.78, 5) is 78.7. The maximum atomic E-state index is 13.3. The van der Waals surface area contributed by atoms with Gasteiger partial charge in [0.2, 0.25) is 11.8 Å². The number of esters is 2. The highest BCUT2D eigenvalue weighted by Crippen LogP contribution is 2.41. The number of benzene rings is 2. The Balaban J connectivity index is 0.000000363. The Morgan fingerprint density at radius 2 is 1.04 bits per heavy atom. The van der Waals surface area contributed by atoms with Crippen LogP contribution in [0.3, 0.4) is 0 Å². The van der Waals surface area contributed by atoms with Gasteiger partial charge in [-0.15, -0.1) is 0 Å². The van der Waals surface area contributed by atoms with Crippen molar-refractivity contribution in [3.8, 4) is 0 Å². The van der Waals surface area contributed by atoms with E-state index in [2.05, 4.69) is 56.4 Å². The van der Waals surface area contributed by atoms with E-state index >= 15 is 0 Å². The Morgan fingerprint density at radius 3 is 1.40 bits per heavy atom. The monoisotopic (exact) mass is 1270 g/mol. The van der Waals surface area contributed by atoms with Crippen molar-refractivity contribution in [2.45, 2.75) is 114 Å². The van der Waals surface area contributed by atoms with Gasteiger partial charge in [0.25, 0.3) is 0 Å². The van der Waals surface area contributed by atoms with E-state index in [0.717, 1.165) is 16.9 Å². The molecule has 2 heterocycles. The molecule has 72 heavy (non-hydrogen) atoms. The first kappa shape index (κ1) is 63.2. The van der Waals surface area contributed by atoms with Crippen LogP contribution in [0.2, 0.25) is 0 Å². The highest BCUT2D eigenvalue weighted by Gasteiger charge is 2.50. The summed E-state index contributed by atoms with van der Waals surface area (Å²) in [6, 6.07) is 16.2. The molecule has 6 atom stereocenters. The lowest BCUT2D eigenvalue weighted by atomic mass is 9.80. The van der Waals surface area contributed by atoms with E-state index in [0.29, 0.717) is 83.5 Å². The number of amides is 4. The van der Waals surface area contributed by atoms with Crippen LogP contribution in [0.25, 0.3) is 0 Å². The van der Waals surface area contributed by atoms with Crippen molar-refractivity contribution in [3.05, 3.63) is 71.8 Å². The molecule has 4 fully saturated rings. The molecule has 18 nitrogen and oxygen atoms in total. The molecule has 0 aromatic heterocycles. The average molecular weight is 1270 g/mol. The molecule has 2 aliphatic carbocycles. The minimum absolute atomic E-state index is 0. The number of ether oxygens (including phenoxy) is 8. The van der Waals surface area contributed by atoms with E-state index in [1.807, 2.05) is 71.8 Å². The van der Waals surface area contributed by atoms with Crippen molar-refractivity contribution in [1.82, 2.24) is 21.3 Å². The van der Waals surface area contributed by atoms with Crippen LogP contribution in [0.4, 0.5) is 9.59 Å². The fourth-order valence-corrected chi connectivity index (χ4v) is 9.86. The number of hydrogen-bond acceptors (Lipinski definition) is 15. The maximum Gasteiger partial charge on any atom is 0.408 e. The first-order valence-electron chi connectivity index (χ1n) is 24.1. The van der Waals surface area contributed by atoms with Gasteiger partial charge in [-0.1, -0.05) is 83.3 Å². The quantitative estimate of drug-likeness (QED) is 0.0492. The molecule has 0 radical (unpaired) electrons. The van der Waals surface area contributed by atoms with Crippen LogP contribution in [0.1, 0.15) is 76.3 Å². The third-order valence-corrected chi connectivity index (χ3v) is 13.9. The molecule has 0 bridgehead atoms. The first-order valence-corrected chi connectivity index (χ1v) is 29.9. The lowest BCUT2D eigenvalue weighted by molar-refractivity contribution is -0.199. The minimum Gasteiger partial charge on any atom is -1.00 e. The molecular formula is C50H74I2N4O14S2. The molecule has 4 N–H and O–H groups in total. The molecule has 22 heteroatoms. The van der Waals surface area contributed by atoms with Gasteiger partial charge in [0, 0.05) is 44.2 Å². The number of rotatable bonds is 20. The summed E-state index contributed by atoms with van der Waals surface area (Å²) in [5, 5.41) is 11.4. The molecule has 404 valence electrons. The Labute approximate surface area is 462 Å². The molecule has 4 aliphatic rings. The van der Waals surface area contributed by atoms with Crippen molar-refractivity contribution in [3.63, 3.8) is 0 Å². The highest BCUT2D eigenvalue weighted by molar-refractivity contribution is 14.1. The number of alkyl carbamates (subject to hydrolysis) is 2. The number of carbonyl (C=O) groups is 6. The predicted molar refractivity (Wildman–Crippen MR) is 280 cm³/mol. The molecule has 2 aromatic carbocycles. The molecule has 2 saturated carbocycles. The number of thioether (sulfide) groups is 1. The summed E-state index contributed by atoms with van der Waals surface area (Å²) in [7, 11) is 0.0901. The lowest BCUT2D eigenvalue weighted by Gasteiger charge is -2.40. The minimum atomic E-state index is -0.795. The summed E-state index contributed by atoms with van der Waals surface area (Å²) in [5.74, 6) is -2.79. The van der Waals surface area contributed by atoms with Gasteiger partial charge >= 0.3 is 24.1 Å². The van der Waals surface area contributed by atoms with Crippen LogP contribution in [-0.2, 0) is 81.2 Å². The normalized spacial score (nSPS) is 21.2. The molecule has 2 aliphatic heterocycles. The van der Waals surface area contributed by atoms with E-state index in [4.69, 9.17) is 37.9 Å². The summed E-state index contributed by atoms with van der Waals surface area (Å²) in [5.41, 5.74) is 1.71. The largest absolute Gasteiger partial charge is 1.00 e. The number of carbonyl (C=O) groups excluding carboxylic acids is 6. The predicted octanol–water partition coefficient (Wildman–Crippen LogP) is 2.82. The van der Waals surface area contributed by atoms with Gasteiger partial charge in [-0.05, 0) is 72.1 Å². The van der Waals surface area contributed by atoms with Gasteiger partial charge in [-0.2, -0.15) is 11.8 Å². The zero-order valence-electron chi connectivity index (χ0n) is 42.3. The standard InChI is InChI=1S/C25H36N2O7S.C24H34N2O7S.CH3I.HI/c1-4-31-23(29)19-16-25(33-13-14-34-25)12-10-20(19)26-22(28)21(11-15-35(2)3)27-24(30)32-17-18-8-6-5-7-9-18;1-3-30-22(28)18-15-24(32-12-13-33-24)11-9-19(18)25-21(27)20(10-14-34-2)26-23(29)31-16-17-7-5-4-6-8-17;1-2;/h5-9,19-21H,4,10-17H2,1-3H3,(H-,26,27,28,30);4-8,18-20H,3,9-16H2,1-2H3,(H,25,27)(H,26,29);1H3;1H/t19-,20?,21+;18-,19?,20+;;/m11../s1. The summed E-state index contributed by atoms with van der Waals surface area (Å²) in [6.07, 6.45) is 8.46. The molecular weight excluding hydrogens is 1200 g/mol. The number of alkyl halides is 1. The van der Waals surface area contributed by atoms with Crippen molar-refractivity contribution >= 4 is 81.2 Å². The smallest absolute Gasteiger partial charge is 0.408 e. The summed E-state index contributed by atoms with van der Waals surface area (Å²) in [6.45, 7) is 6.15. The second kappa shape index (κ2) is 33.7. The molecule has 2 saturated heterocycles. The lowest BCUT2D eigenvalue weighted by Crippen LogP contribution is -3.00. The Hall–Kier alpha value is -3.14. The molecule has 2 aromatic rings. The van der Waals surface area contributed by atoms with E-state index in [9.17, 15) is 28.8 Å². The average Bonchev–Trinajstić information content (AvgIpc) is 4.04. The van der Waals surface area contributed by atoms with Gasteiger partial charge < -0.3 is 83.1 Å². The second-order valence-electron chi connectivity index (χ2n) is 17.4. The van der Waals surface area contributed by atoms with Crippen LogP contribution in [-0.4, -0.2) is 147 Å². The molecule has 2 spiro atoms. The van der Waals surface area contributed by atoms with Crippen molar-refractivity contribution in [2.24, 2.45) is 11.8 Å². The van der Waals surface area contributed by atoms with Crippen molar-refractivity contribution in [2.75, 3.05) is 74.8 Å². The van der Waals surface area contributed by atoms with Gasteiger partial charge in [-0.3, -0.25) is 19.2 Å². The number of hydrogen-bond donors (Lipinski definition) is 4. The van der Waals surface area contributed by atoms with Crippen LogP contribution in [0.5, 0.6) is 0 Å². The fourth-order valence-electron chi connectivity index (χ4n) is 8.68. The second-order valence-corrected chi connectivity index (χ2v) is 20.8. The van der Waals surface area contributed by atoms with E-state index < -0.39 is 59.8 Å². The Kier molecular flexibility index (Phi) is 29.6. The van der Waals surface area contributed by atoms with E-state index in [-0.39, 0.29) is 85.1 Å². The molecule has 2 unspecified atom stereocenters. The fraction of sp³-hybridized carbons (Fsp3) is 0.640. The van der Waals surface area contributed by atoms with E-state index in [1.54, 1.807) is 25.6 Å². The Morgan fingerprint density at radius 1 is 0.653 bits per heavy atom. The zero-order chi connectivity index (χ0) is 51.7. The van der Waals surface area contributed by atoms with Crippen LogP contribution in [0, 0.1) is 11.8 Å². The third-order valence-electron chi connectivity index (χ3n) is 12.2. The third kappa shape index (κ3) is 20.9. The molecule has 6 rings (SSSR count). The number of nitrogens with one attached hydrogen (secondary N) is 4. The highest BCUT2D eigenvalue weighted by atomic mass is 127. The van der Waals surface area contributed by atoms with Gasteiger partial charge in [0.1, 0.15) is 31.1 Å².